The maximum atomic E-state index is 14.1. The van der Waals surface area contributed by atoms with Crippen molar-refractivity contribution >= 4 is 17.7 Å². The molecule has 0 radical (unpaired) electrons. The number of benzene rings is 1. The highest BCUT2D eigenvalue weighted by molar-refractivity contribution is 5.95. The van der Waals surface area contributed by atoms with Gasteiger partial charge in [-0.15, -0.1) is 0 Å². The number of amides is 1. The molecule has 3 aromatic rings. The highest BCUT2D eigenvalue weighted by Crippen LogP contribution is 2.38. The third-order valence-electron chi connectivity index (χ3n) is 6.95. The minimum absolute atomic E-state index is 0.0983. The first-order valence-corrected chi connectivity index (χ1v) is 13.4. The Bertz CT molecular complexity index is 1320. The molecule has 0 fully saturated rings. The van der Waals surface area contributed by atoms with Gasteiger partial charge in [0.05, 0.1) is 31.0 Å². The van der Waals surface area contributed by atoms with Crippen LogP contribution in [0.3, 0.4) is 0 Å². The van der Waals surface area contributed by atoms with Crippen LogP contribution in [0, 0.1) is 11.4 Å². The number of alkyl carbamates (subject to hydrolysis) is 1. The minimum atomic E-state index is -4.46. The first-order valence-electron chi connectivity index (χ1n) is 13.4. The third kappa shape index (κ3) is 7.83. The van der Waals surface area contributed by atoms with E-state index in [2.05, 4.69) is 20.7 Å². The van der Waals surface area contributed by atoms with E-state index in [-0.39, 0.29) is 25.5 Å². The van der Waals surface area contributed by atoms with Crippen LogP contribution in [0.1, 0.15) is 52.5 Å². The summed E-state index contributed by atoms with van der Waals surface area (Å²) in [6, 6.07) is 10.4. The number of halogens is 4. The number of carbonyl (C=O) groups is 2. The topological polar surface area (TPSA) is 98.1 Å². The standard InChI is InChI=1S/C29H35F4N5O3/c1-5-15-27(3,4)28(36-26(40)41-17-6-2,23(39)18-34-25-9-7-8-24(30)35-25)19-38-16-14-22(37-38)20-10-12-21(13-11-20)29(31,32)33/h7-14,16H,5-6,15,17-19H2,1-4H3,(H,34,35)(H,36,40)/t28-/m0/s1. The van der Waals surface area contributed by atoms with Crippen molar-refractivity contribution in [3.8, 4) is 11.3 Å². The predicted molar refractivity (Wildman–Crippen MR) is 147 cm³/mol. The van der Waals surface area contributed by atoms with Crippen molar-refractivity contribution in [2.24, 2.45) is 5.41 Å². The Labute approximate surface area is 236 Å². The Kier molecular flexibility index (Phi) is 10.1. The van der Waals surface area contributed by atoms with Crippen molar-refractivity contribution in [3.63, 3.8) is 0 Å². The lowest BCUT2D eigenvalue weighted by molar-refractivity contribution is -0.137. The van der Waals surface area contributed by atoms with Crippen molar-refractivity contribution in [2.45, 2.75) is 65.2 Å². The van der Waals surface area contributed by atoms with Gasteiger partial charge in [-0.05, 0) is 48.6 Å². The molecule has 41 heavy (non-hydrogen) atoms. The molecule has 2 N–H and O–H groups in total. The molecular weight excluding hydrogens is 542 g/mol. The van der Waals surface area contributed by atoms with E-state index in [4.69, 9.17) is 4.74 Å². The molecule has 12 heteroatoms. The number of aromatic nitrogens is 3. The summed E-state index contributed by atoms with van der Waals surface area (Å²) in [5, 5.41) is 10.2. The molecule has 1 atom stereocenters. The summed E-state index contributed by atoms with van der Waals surface area (Å²) in [5.41, 5.74) is -2.29. The van der Waals surface area contributed by atoms with Crippen LogP contribution in [0.4, 0.5) is 28.2 Å². The van der Waals surface area contributed by atoms with Gasteiger partial charge in [0.2, 0.25) is 5.95 Å². The van der Waals surface area contributed by atoms with Crippen LogP contribution in [0.25, 0.3) is 11.3 Å². The van der Waals surface area contributed by atoms with Gasteiger partial charge in [-0.1, -0.05) is 52.3 Å². The van der Waals surface area contributed by atoms with Crippen molar-refractivity contribution < 1.29 is 31.9 Å². The number of Topliss-reactive ketones (excluding diaryl/α,β-unsaturated/α-hetero) is 1. The molecule has 0 bridgehead atoms. The van der Waals surface area contributed by atoms with E-state index in [1.165, 1.54) is 35.0 Å². The molecule has 0 saturated heterocycles. The minimum Gasteiger partial charge on any atom is -0.450 e. The second kappa shape index (κ2) is 13.1. The lowest BCUT2D eigenvalue weighted by Crippen LogP contribution is -2.66. The number of nitrogens with zero attached hydrogens (tertiary/aromatic N) is 3. The summed E-state index contributed by atoms with van der Waals surface area (Å²) in [5.74, 6) is -0.978. The number of nitrogens with one attached hydrogen (secondary N) is 2. The summed E-state index contributed by atoms with van der Waals surface area (Å²) >= 11 is 0. The van der Waals surface area contributed by atoms with E-state index in [0.717, 1.165) is 12.1 Å². The van der Waals surface area contributed by atoms with Crippen LogP contribution in [0.5, 0.6) is 0 Å². The Morgan fingerprint density at radius 1 is 1.00 bits per heavy atom. The summed E-state index contributed by atoms with van der Waals surface area (Å²) in [6.07, 6.45) is -1.83. The van der Waals surface area contributed by atoms with Gasteiger partial charge in [0, 0.05) is 11.8 Å². The van der Waals surface area contributed by atoms with E-state index in [0.29, 0.717) is 30.5 Å². The van der Waals surface area contributed by atoms with Gasteiger partial charge in [-0.3, -0.25) is 9.48 Å². The van der Waals surface area contributed by atoms with Crippen LogP contribution < -0.4 is 10.6 Å². The monoisotopic (exact) mass is 577 g/mol. The van der Waals surface area contributed by atoms with Gasteiger partial charge >= 0.3 is 12.3 Å². The summed E-state index contributed by atoms with van der Waals surface area (Å²) < 4.78 is 59.4. The second-order valence-electron chi connectivity index (χ2n) is 10.4. The smallest absolute Gasteiger partial charge is 0.416 e. The average molecular weight is 578 g/mol. The number of hydrogen-bond donors (Lipinski definition) is 2. The molecular formula is C29H35F4N5O3. The molecule has 1 aromatic carbocycles. The largest absolute Gasteiger partial charge is 0.450 e. The third-order valence-corrected chi connectivity index (χ3v) is 6.95. The van der Waals surface area contributed by atoms with E-state index < -0.39 is 40.5 Å². The molecule has 0 spiro atoms. The molecule has 0 aliphatic rings. The summed E-state index contributed by atoms with van der Waals surface area (Å²) in [4.78, 5) is 30.7. The Hall–Kier alpha value is -3.96. The van der Waals surface area contributed by atoms with Crippen LogP contribution in [-0.2, 0) is 22.3 Å². The van der Waals surface area contributed by atoms with Gasteiger partial charge in [0.1, 0.15) is 11.4 Å². The van der Waals surface area contributed by atoms with Crippen molar-refractivity contribution in [1.29, 1.82) is 0 Å². The number of carbonyl (C=O) groups excluding carboxylic acids is 2. The highest BCUT2D eigenvalue weighted by Gasteiger charge is 2.52. The maximum absolute atomic E-state index is 14.1. The van der Waals surface area contributed by atoms with Crippen molar-refractivity contribution in [2.75, 3.05) is 18.5 Å². The predicted octanol–water partition coefficient (Wildman–Crippen LogP) is 6.49. The fraction of sp³-hybridized carbons (Fsp3) is 0.448. The Balaban J connectivity index is 1.99. The van der Waals surface area contributed by atoms with E-state index in [1.54, 1.807) is 12.3 Å². The van der Waals surface area contributed by atoms with E-state index >= 15 is 0 Å². The zero-order valence-electron chi connectivity index (χ0n) is 23.5. The molecule has 2 heterocycles. The maximum Gasteiger partial charge on any atom is 0.416 e. The van der Waals surface area contributed by atoms with Crippen LogP contribution >= 0.6 is 0 Å². The summed E-state index contributed by atoms with van der Waals surface area (Å²) in [6.45, 7) is 7.27. The van der Waals surface area contributed by atoms with Gasteiger partial charge < -0.3 is 15.4 Å². The van der Waals surface area contributed by atoms with Crippen LogP contribution in [0.2, 0.25) is 0 Å². The highest BCUT2D eigenvalue weighted by atomic mass is 19.4. The number of alkyl halides is 3. The fourth-order valence-corrected chi connectivity index (χ4v) is 4.71. The molecule has 222 valence electrons. The summed E-state index contributed by atoms with van der Waals surface area (Å²) in [7, 11) is 0. The SMILES string of the molecule is CCCOC(=O)N[C@@](Cn1ccc(-c2ccc(C(F)(F)F)cc2)n1)(C(=O)CNc1cccc(F)n1)C(C)(C)CCC. The number of ether oxygens (including phenoxy) is 1. The normalized spacial score (nSPS) is 13.4. The van der Waals surface area contributed by atoms with Crippen LogP contribution in [0.15, 0.2) is 54.7 Å². The zero-order chi connectivity index (χ0) is 30.3. The van der Waals surface area contributed by atoms with Gasteiger partial charge in [-0.25, -0.2) is 9.78 Å². The molecule has 0 unspecified atom stereocenters. The van der Waals surface area contributed by atoms with Crippen LogP contribution in [-0.4, -0.2) is 45.3 Å². The first kappa shape index (κ1) is 31.6. The Morgan fingerprint density at radius 2 is 1.71 bits per heavy atom. The zero-order valence-corrected chi connectivity index (χ0v) is 23.5. The molecule has 3 rings (SSSR count). The second-order valence-corrected chi connectivity index (χ2v) is 10.4. The first-order chi connectivity index (χ1) is 19.3. The number of rotatable bonds is 13. The number of pyridine rings is 1. The quantitative estimate of drug-likeness (QED) is 0.178. The molecule has 8 nitrogen and oxygen atoms in total. The van der Waals surface area contributed by atoms with Gasteiger partial charge in [-0.2, -0.15) is 22.7 Å². The Morgan fingerprint density at radius 3 is 2.32 bits per heavy atom. The molecule has 0 aliphatic carbocycles. The van der Waals surface area contributed by atoms with Crippen molar-refractivity contribution in [3.05, 3.63) is 66.2 Å². The fourth-order valence-electron chi connectivity index (χ4n) is 4.71. The number of anilines is 1. The van der Waals surface area contributed by atoms with E-state index in [9.17, 15) is 27.2 Å². The lowest BCUT2D eigenvalue weighted by Gasteiger charge is -2.45. The number of hydrogen-bond acceptors (Lipinski definition) is 6. The molecule has 2 aromatic heterocycles. The molecule has 0 saturated carbocycles. The average Bonchev–Trinajstić information content (AvgIpc) is 3.38. The molecule has 0 aliphatic heterocycles. The lowest BCUT2D eigenvalue weighted by atomic mass is 9.66. The van der Waals surface area contributed by atoms with Crippen molar-refractivity contribution in [1.82, 2.24) is 20.1 Å². The molecule has 1 amide bonds. The van der Waals surface area contributed by atoms with Gasteiger partial charge in [0.25, 0.3) is 0 Å². The van der Waals surface area contributed by atoms with E-state index in [1.807, 2.05) is 27.7 Å². The van der Waals surface area contributed by atoms with Gasteiger partial charge in [0.15, 0.2) is 5.78 Å². The number of ketones is 1.